The Balaban J connectivity index is 2.49. The molecule has 0 saturated carbocycles. The van der Waals surface area contributed by atoms with Crippen LogP contribution in [0.4, 0.5) is 0 Å². The van der Waals surface area contributed by atoms with Crippen LogP contribution < -0.4 is 0 Å². The number of nitrogens with zero attached hydrogens (tertiary/aromatic N) is 1. The number of hydrogen-bond acceptors (Lipinski definition) is 4. The zero-order valence-corrected chi connectivity index (χ0v) is 12.4. The van der Waals surface area contributed by atoms with Gasteiger partial charge in [-0.05, 0) is 18.2 Å². The molecule has 9 heteroatoms. The number of sulfonamides is 1. The summed E-state index contributed by atoms with van der Waals surface area (Å²) in [6, 6.07) is 2.59. The summed E-state index contributed by atoms with van der Waals surface area (Å²) in [5, 5.41) is 18.7. The molecule has 0 radical (unpaired) electrons. The van der Waals surface area contributed by atoms with E-state index in [0.29, 0.717) is 0 Å². The van der Waals surface area contributed by atoms with Crippen molar-refractivity contribution < 1.29 is 23.4 Å². The number of aliphatic carboxylic acids is 1. The molecule has 1 saturated heterocycles. The summed E-state index contributed by atoms with van der Waals surface area (Å²) < 4.78 is 25.7. The lowest BCUT2D eigenvalue weighted by Gasteiger charge is -2.21. The summed E-state index contributed by atoms with van der Waals surface area (Å²) >= 11 is 11.6. The van der Waals surface area contributed by atoms with Gasteiger partial charge < -0.3 is 10.2 Å². The fraction of sp³-hybridized carbons (Fsp3) is 0.364. The van der Waals surface area contributed by atoms with E-state index in [1.54, 1.807) is 0 Å². The topological polar surface area (TPSA) is 94.9 Å². The minimum atomic E-state index is -4.14. The first-order valence-electron chi connectivity index (χ1n) is 5.61. The van der Waals surface area contributed by atoms with E-state index >= 15 is 0 Å². The van der Waals surface area contributed by atoms with Crippen LogP contribution >= 0.6 is 23.2 Å². The van der Waals surface area contributed by atoms with Crippen molar-refractivity contribution in [1.29, 1.82) is 0 Å². The Bertz CT molecular complexity index is 648. The molecule has 2 atom stereocenters. The van der Waals surface area contributed by atoms with Crippen LogP contribution in [0.5, 0.6) is 0 Å². The number of carbonyl (C=O) groups is 1. The second kappa shape index (κ2) is 5.50. The summed E-state index contributed by atoms with van der Waals surface area (Å²) in [7, 11) is -4.14. The number of benzene rings is 1. The highest BCUT2D eigenvalue weighted by Gasteiger charge is 2.44. The van der Waals surface area contributed by atoms with Crippen LogP contribution in [-0.2, 0) is 14.8 Å². The molecular weight excluding hydrogens is 329 g/mol. The minimum absolute atomic E-state index is 0.0556. The molecule has 1 fully saturated rings. The van der Waals surface area contributed by atoms with Crippen LogP contribution in [0.1, 0.15) is 6.42 Å². The molecule has 2 N–H and O–H groups in total. The maximum Gasteiger partial charge on any atom is 0.322 e. The maximum absolute atomic E-state index is 12.5. The van der Waals surface area contributed by atoms with Crippen molar-refractivity contribution in [3.63, 3.8) is 0 Å². The van der Waals surface area contributed by atoms with Crippen LogP contribution in [0.3, 0.4) is 0 Å². The normalized spacial score (nSPS) is 23.9. The average molecular weight is 340 g/mol. The van der Waals surface area contributed by atoms with E-state index in [9.17, 15) is 18.3 Å². The van der Waals surface area contributed by atoms with Crippen molar-refractivity contribution in [2.45, 2.75) is 23.5 Å². The highest BCUT2D eigenvalue weighted by Crippen LogP contribution is 2.32. The highest BCUT2D eigenvalue weighted by molar-refractivity contribution is 7.89. The molecule has 0 unspecified atom stereocenters. The van der Waals surface area contributed by atoms with Crippen molar-refractivity contribution in [1.82, 2.24) is 4.31 Å². The van der Waals surface area contributed by atoms with Crippen LogP contribution in [0.15, 0.2) is 23.1 Å². The van der Waals surface area contributed by atoms with Crippen molar-refractivity contribution in [3.05, 3.63) is 28.2 Å². The molecule has 0 aromatic heterocycles. The Morgan fingerprint density at radius 2 is 2.00 bits per heavy atom. The van der Waals surface area contributed by atoms with Crippen molar-refractivity contribution in [2.24, 2.45) is 0 Å². The Labute approximate surface area is 125 Å². The van der Waals surface area contributed by atoms with Gasteiger partial charge in [-0.1, -0.05) is 23.2 Å². The van der Waals surface area contributed by atoms with E-state index in [-0.39, 0.29) is 27.9 Å². The van der Waals surface area contributed by atoms with E-state index in [1.807, 2.05) is 0 Å². The molecule has 6 nitrogen and oxygen atoms in total. The average Bonchev–Trinajstić information content (AvgIpc) is 2.75. The molecule has 1 aliphatic rings. The number of β-amino-alcohol motifs (C(OH)–C–C–N with tert-alkyl or cyclic N) is 1. The number of aliphatic hydroxyl groups excluding tert-OH is 1. The van der Waals surface area contributed by atoms with Gasteiger partial charge in [0.25, 0.3) is 0 Å². The summed E-state index contributed by atoms with van der Waals surface area (Å²) in [5.74, 6) is -1.32. The van der Waals surface area contributed by atoms with E-state index < -0.39 is 28.1 Å². The molecule has 20 heavy (non-hydrogen) atoms. The second-order valence-electron chi connectivity index (χ2n) is 4.39. The first-order chi connectivity index (χ1) is 9.23. The van der Waals surface area contributed by atoms with Gasteiger partial charge in [0, 0.05) is 18.0 Å². The third-order valence-electron chi connectivity index (χ3n) is 3.00. The first kappa shape index (κ1) is 15.5. The van der Waals surface area contributed by atoms with Gasteiger partial charge in [0.05, 0.1) is 11.1 Å². The number of halogens is 2. The lowest BCUT2D eigenvalue weighted by atomic mass is 10.2. The number of hydrogen-bond donors (Lipinski definition) is 2. The SMILES string of the molecule is O=C(O)[C@@H]1C[C@@H](O)CN1S(=O)(=O)c1cc(Cl)ccc1Cl. The number of carboxylic acids is 1. The van der Waals surface area contributed by atoms with Crippen molar-refractivity contribution in [3.8, 4) is 0 Å². The van der Waals surface area contributed by atoms with E-state index in [4.69, 9.17) is 28.3 Å². The van der Waals surface area contributed by atoms with Gasteiger partial charge in [-0.3, -0.25) is 4.79 Å². The number of aliphatic hydroxyl groups is 1. The molecule has 0 amide bonds. The molecule has 0 aliphatic carbocycles. The molecule has 2 rings (SSSR count). The summed E-state index contributed by atoms with van der Waals surface area (Å²) in [6.07, 6.45) is -1.18. The number of carboxylic acid groups (broad SMARTS) is 1. The molecule has 1 aromatic rings. The van der Waals surface area contributed by atoms with Gasteiger partial charge >= 0.3 is 5.97 Å². The lowest BCUT2D eigenvalue weighted by Crippen LogP contribution is -2.40. The van der Waals surface area contributed by atoms with Crippen molar-refractivity contribution in [2.75, 3.05) is 6.54 Å². The molecule has 1 aromatic carbocycles. The fourth-order valence-corrected chi connectivity index (χ4v) is 4.45. The molecular formula is C11H11Cl2NO5S. The maximum atomic E-state index is 12.5. The zero-order valence-electron chi connectivity index (χ0n) is 10.0. The monoisotopic (exact) mass is 339 g/mol. The van der Waals surface area contributed by atoms with Gasteiger partial charge in [0.2, 0.25) is 10.0 Å². The standard InChI is InChI=1S/C11H11Cl2NO5S/c12-6-1-2-8(13)10(3-6)20(18,19)14-5-7(15)4-9(14)11(16)17/h1-3,7,9,15H,4-5H2,(H,16,17)/t7-,9+/m1/s1. The predicted molar refractivity (Wildman–Crippen MR) is 72.4 cm³/mol. The third-order valence-corrected chi connectivity index (χ3v) is 5.59. The lowest BCUT2D eigenvalue weighted by molar-refractivity contribution is -0.140. The molecule has 0 spiro atoms. The molecule has 110 valence electrons. The van der Waals surface area contributed by atoms with Crippen LogP contribution in [0.2, 0.25) is 10.0 Å². The Morgan fingerprint density at radius 3 is 2.60 bits per heavy atom. The van der Waals surface area contributed by atoms with Gasteiger partial charge in [-0.25, -0.2) is 8.42 Å². The third kappa shape index (κ3) is 2.77. The van der Waals surface area contributed by atoms with Crippen LogP contribution in [0, 0.1) is 0 Å². The van der Waals surface area contributed by atoms with Crippen molar-refractivity contribution >= 4 is 39.2 Å². The fourth-order valence-electron chi connectivity index (χ4n) is 2.08. The first-order valence-corrected chi connectivity index (χ1v) is 7.81. The van der Waals surface area contributed by atoms with E-state index in [2.05, 4.69) is 0 Å². The van der Waals surface area contributed by atoms with Gasteiger partial charge in [-0.2, -0.15) is 4.31 Å². The quantitative estimate of drug-likeness (QED) is 0.862. The molecule has 0 bridgehead atoms. The van der Waals surface area contributed by atoms with Gasteiger partial charge in [0.1, 0.15) is 10.9 Å². The molecule has 1 heterocycles. The van der Waals surface area contributed by atoms with E-state index in [0.717, 1.165) is 10.4 Å². The summed E-state index contributed by atoms with van der Waals surface area (Å²) in [6.45, 7) is -0.290. The smallest absolute Gasteiger partial charge is 0.322 e. The zero-order chi connectivity index (χ0) is 15.1. The van der Waals surface area contributed by atoms with Crippen LogP contribution in [0.25, 0.3) is 0 Å². The summed E-state index contributed by atoms with van der Waals surface area (Å²) in [5.41, 5.74) is 0. The predicted octanol–water partition coefficient (Wildman–Crippen LogP) is 1.20. The van der Waals surface area contributed by atoms with Gasteiger partial charge in [-0.15, -0.1) is 0 Å². The minimum Gasteiger partial charge on any atom is -0.480 e. The summed E-state index contributed by atoms with van der Waals surface area (Å²) in [4.78, 5) is 10.8. The number of rotatable bonds is 3. The van der Waals surface area contributed by atoms with Crippen LogP contribution in [-0.4, -0.2) is 47.6 Å². The second-order valence-corrected chi connectivity index (χ2v) is 7.10. The molecule has 1 aliphatic heterocycles. The Morgan fingerprint density at radius 1 is 1.35 bits per heavy atom. The Hall–Kier alpha value is -0.860. The van der Waals surface area contributed by atoms with Gasteiger partial charge in [0.15, 0.2) is 0 Å². The Kier molecular flexibility index (Phi) is 4.27. The van der Waals surface area contributed by atoms with E-state index in [1.165, 1.54) is 12.1 Å². The largest absolute Gasteiger partial charge is 0.480 e. The highest BCUT2D eigenvalue weighted by atomic mass is 35.5.